The van der Waals surface area contributed by atoms with Crippen molar-refractivity contribution in [1.29, 1.82) is 0 Å². The van der Waals surface area contributed by atoms with Gasteiger partial charge in [0.1, 0.15) is 5.52 Å². The van der Waals surface area contributed by atoms with E-state index in [4.69, 9.17) is 4.42 Å². The van der Waals surface area contributed by atoms with Gasteiger partial charge in [-0.3, -0.25) is 0 Å². The molecule has 0 atom stereocenters. The molecule has 0 fully saturated rings. The van der Waals surface area contributed by atoms with Gasteiger partial charge in [0.05, 0.1) is 0 Å². The Labute approximate surface area is 108 Å². The topological polar surface area (TPSA) is 41.3 Å². The highest BCUT2D eigenvalue weighted by Gasteiger charge is 2.07. The zero-order chi connectivity index (χ0) is 13.1. The molecular formula is C14H21N3O. The van der Waals surface area contributed by atoms with Crippen molar-refractivity contribution in [3.63, 3.8) is 0 Å². The predicted octanol–water partition coefficient (Wildman–Crippen LogP) is 2.92. The summed E-state index contributed by atoms with van der Waals surface area (Å²) in [6.45, 7) is 6.14. The molecule has 1 N–H and O–H groups in total. The lowest BCUT2D eigenvalue weighted by atomic mass is 10.0. The molecule has 2 aromatic rings. The van der Waals surface area contributed by atoms with E-state index in [-0.39, 0.29) is 0 Å². The summed E-state index contributed by atoms with van der Waals surface area (Å²) in [5.74, 6) is 0.510. The maximum atomic E-state index is 5.64. The van der Waals surface area contributed by atoms with E-state index >= 15 is 0 Å². The van der Waals surface area contributed by atoms with Gasteiger partial charge in [0.15, 0.2) is 5.58 Å². The Bertz CT molecular complexity index is 517. The Morgan fingerprint density at radius 2 is 2.11 bits per heavy atom. The number of likely N-dealkylation sites (N-methyl/N-ethyl adjacent to an activating group) is 1. The standard InChI is InChI=1S/C14H21N3O/c1-10(2)11-5-6-13-12(9-11)16-14(18-13)15-7-8-17(3)4/h5-6,9-10H,7-8H2,1-4H3,(H,15,16). The van der Waals surface area contributed by atoms with Crippen LogP contribution in [0, 0.1) is 0 Å². The summed E-state index contributed by atoms with van der Waals surface area (Å²) in [5, 5.41) is 3.19. The smallest absolute Gasteiger partial charge is 0.295 e. The molecule has 0 saturated carbocycles. The highest BCUT2D eigenvalue weighted by atomic mass is 16.4. The average molecular weight is 247 g/mol. The van der Waals surface area contributed by atoms with Crippen molar-refractivity contribution in [1.82, 2.24) is 9.88 Å². The maximum absolute atomic E-state index is 5.64. The third-order valence-electron chi connectivity index (χ3n) is 2.91. The maximum Gasteiger partial charge on any atom is 0.295 e. The molecule has 0 amide bonds. The molecule has 0 radical (unpaired) electrons. The SMILES string of the molecule is CC(C)c1ccc2oc(NCCN(C)C)nc2c1. The van der Waals surface area contributed by atoms with Crippen molar-refractivity contribution in [3.8, 4) is 0 Å². The van der Waals surface area contributed by atoms with Gasteiger partial charge in [0, 0.05) is 13.1 Å². The van der Waals surface area contributed by atoms with Crippen LogP contribution in [0.4, 0.5) is 6.01 Å². The number of benzene rings is 1. The van der Waals surface area contributed by atoms with Crippen molar-refractivity contribution >= 4 is 17.1 Å². The van der Waals surface area contributed by atoms with Crippen LogP contribution in [0.25, 0.3) is 11.1 Å². The molecule has 1 aromatic carbocycles. The Morgan fingerprint density at radius 3 is 2.78 bits per heavy atom. The minimum absolute atomic E-state index is 0.510. The third kappa shape index (κ3) is 3.01. The molecule has 18 heavy (non-hydrogen) atoms. The Balaban J connectivity index is 2.12. The van der Waals surface area contributed by atoms with Crippen molar-refractivity contribution in [2.75, 3.05) is 32.5 Å². The minimum atomic E-state index is 0.510. The highest BCUT2D eigenvalue weighted by Crippen LogP contribution is 2.23. The molecule has 1 heterocycles. The van der Waals surface area contributed by atoms with E-state index < -0.39 is 0 Å². The van der Waals surface area contributed by atoms with Crippen LogP contribution in [-0.2, 0) is 0 Å². The summed E-state index contributed by atoms with van der Waals surface area (Å²) in [7, 11) is 4.09. The van der Waals surface area contributed by atoms with Crippen LogP contribution in [0.1, 0.15) is 25.3 Å². The van der Waals surface area contributed by atoms with Crippen molar-refractivity contribution in [2.45, 2.75) is 19.8 Å². The van der Waals surface area contributed by atoms with E-state index in [1.165, 1.54) is 5.56 Å². The molecule has 2 rings (SSSR count). The minimum Gasteiger partial charge on any atom is -0.424 e. The van der Waals surface area contributed by atoms with Crippen LogP contribution < -0.4 is 5.32 Å². The highest BCUT2D eigenvalue weighted by molar-refractivity contribution is 5.75. The second-order valence-corrected chi connectivity index (χ2v) is 5.13. The number of fused-ring (bicyclic) bond motifs is 1. The van der Waals surface area contributed by atoms with E-state index in [9.17, 15) is 0 Å². The summed E-state index contributed by atoms with van der Waals surface area (Å²) in [4.78, 5) is 6.57. The molecule has 0 saturated heterocycles. The molecule has 0 aliphatic rings. The molecule has 0 aliphatic heterocycles. The summed E-state index contributed by atoms with van der Waals surface area (Å²) in [6.07, 6.45) is 0. The number of aromatic nitrogens is 1. The van der Waals surface area contributed by atoms with Crippen LogP contribution >= 0.6 is 0 Å². The summed E-state index contributed by atoms with van der Waals surface area (Å²) in [6, 6.07) is 6.80. The molecule has 0 aliphatic carbocycles. The largest absolute Gasteiger partial charge is 0.424 e. The Hall–Kier alpha value is -1.55. The number of anilines is 1. The first-order chi connectivity index (χ1) is 8.56. The number of nitrogens with one attached hydrogen (secondary N) is 1. The monoisotopic (exact) mass is 247 g/mol. The third-order valence-corrected chi connectivity index (χ3v) is 2.91. The second-order valence-electron chi connectivity index (χ2n) is 5.13. The molecular weight excluding hydrogens is 226 g/mol. The van der Waals surface area contributed by atoms with Crippen LogP contribution in [0.5, 0.6) is 0 Å². The zero-order valence-electron chi connectivity index (χ0n) is 11.5. The lowest BCUT2D eigenvalue weighted by Gasteiger charge is -2.08. The average Bonchev–Trinajstić information content (AvgIpc) is 2.69. The molecule has 98 valence electrons. The van der Waals surface area contributed by atoms with Crippen LogP contribution in [0.2, 0.25) is 0 Å². The molecule has 4 heteroatoms. The summed E-state index contributed by atoms with van der Waals surface area (Å²) >= 11 is 0. The Kier molecular flexibility index (Phi) is 3.87. The van der Waals surface area contributed by atoms with E-state index in [1.807, 2.05) is 20.2 Å². The van der Waals surface area contributed by atoms with Crippen LogP contribution in [0.3, 0.4) is 0 Å². The number of rotatable bonds is 5. The van der Waals surface area contributed by atoms with Crippen LogP contribution in [0.15, 0.2) is 22.6 Å². The number of hydrogen-bond donors (Lipinski definition) is 1. The van der Waals surface area contributed by atoms with E-state index in [1.54, 1.807) is 0 Å². The van der Waals surface area contributed by atoms with E-state index in [2.05, 4.69) is 41.2 Å². The number of nitrogens with zero attached hydrogens (tertiary/aromatic N) is 2. The normalized spacial score (nSPS) is 11.7. The van der Waals surface area contributed by atoms with E-state index in [0.717, 1.165) is 24.2 Å². The second kappa shape index (κ2) is 5.40. The lowest BCUT2D eigenvalue weighted by molar-refractivity contribution is 0.423. The zero-order valence-corrected chi connectivity index (χ0v) is 11.5. The molecule has 0 spiro atoms. The fourth-order valence-corrected chi connectivity index (χ4v) is 1.77. The molecule has 1 aromatic heterocycles. The quantitative estimate of drug-likeness (QED) is 0.882. The number of oxazole rings is 1. The van der Waals surface area contributed by atoms with E-state index in [0.29, 0.717) is 11.9 Å². The van der Waals surface area contributed by atoms with Gasteiger partial charge >= 0.3 is 0 Å². The van der Waals surface area contributed by atoms with Crippen LogP contribution in [-0.4, -0.2) is 37.1 Å². The van der Waals surface area contributed by atoms with Gasteiger partial charge in [0.2, 0.25) is 0 Å². The van der Waals surface area contributed by atoms with Crippen molar-refractivity contribution in [3.05, 3.63) is 23.8 Å². The van der Waals surface area contributed by atoms with Gasteiger partial charge in [-0.1, -0.05) is 19.9 Å². The number of hydrogen-bond acceptors (Lipinski definition) is 4. The van der Waals surface area contributed by atoms with Gasteiger partial charge < -0.3 is 14.6 Å². The van der Waals surface area contributed by atoms with Gasteiger partial charge in [-0.05, 0) is 37.7 Å². The summed E-state index contributed by atoms with van der Waals surface area (Å²) < 4.78 is 5.64. The van der Waals surface area contributed by atoms with Crippen molar-refractivity contribution in [2.24, 2.45) is 0 Å². The fourth-order valence-electron chi connectivity index (χ4n) is 1.77. The first-order valence-electron chi connectivity index (χ1n) is 6.35. The molecule has 0 unspecified atom stereocenters. The van der Waals surface area contributed by atoms with Gasteiger partial charge in [0.25, 0.3) is 6.01 Å². The fraction of sp³-hybridized carbons (Fsp3) is 0.500. The first-order valence-corrected chi connectivity index (χ1v) is 6.35. The lowest BCUT2D eigenvalue weighted by Crippen LogP contribution is -2.20. The predicted molar refractivity (Wildman–Crippen MR) is 75.1 cm³/mol. The van der Waals surface area contributed by atoms with Gasteiger partial charge in [-0.2, -0.15) is 4.98 Å². The first kappa shape index (κ1) is 12.9. The van der Waals surface area contributed by atoms with Gasteiger partial charge in [-0.15, -0.1) is 0 Å². The molecule has 0 bridgehead atoms. The Morgan fingerprint density at radius 1 is 1.33 bits per heavy atom. The van der Waals surface area contributed by atoms with Crippen molar-refractivity contribution < 1.29 is 4.42 Å². The molecule has 4 nitrogen and oxygen atoms in total. The summed E-state index contributed by atoms with van der Waals surface area (Å²) in [5.41, 5.74) is 3.05. The van der Waals surface area contributed by atoms with Gasteiger partial charge in [-0.25, -0.2) is 0 Å².